The highest BCUT2D eigenvalue weighted by Crippen LogP contribution is 2.24. The van der Waals surface area contributed by atoms with Gasteiger partial charge in [-0.1, -0.05) is 32.9 Å². The quantitative estimate of drug-likeness (QED) is 0.366. The van der Waals surface area contributed by atoms with Crippen LogP contribution in [0.1, 0.15) is 40.2 Å². The van der Waals surface area contributed by atoms with E-state index in [-0.39, 0.29) is 29.4 Å². The van der Waals surface area contributed by atoms with Gasteiger partial charge in [0.2, 0.25) is 0 Å². The molecule has 2 unspecified atom stereocenters. The molecule has 0 aromatic heterocycles. The van der Waals surface area contributed by atoms with Crippen LogP contribution in [0.4, 0.5) is 0 Å². The van der Waals surface area contributed by atoms with Gasteiger partial charge < -0.3 is 15.4 Å². The Morgan fingerprint density at radius 1 is 1.26 bits per heavy atom. The van der Waals surface area contributed by atoms with Crippen molar-refractivity contribution in [2.24, 2.45) is 10.9 Å². The maximum Gasteiger partial charge on any atom is 0.191 e. The second-order valence-corrected chi connectivity index (χ2v) is 8.31. The van der Waals surface area contributed by atoms with Crippen LogP contribution in [0.2, 0.25) is 0 Å². The number of nitrogens with zero attached hydrogens (tertiary/aromatic N) is 2. The minimum atomic E-state index is -0.00481. The van der Waals surface area contributed by atoms with E-state index >= 15 is 0 Å². The van der Waals surface area contributed by atoms with Crippen molar-refractivity contribution in [2.75, 3.05) is 33.8 Å². The number of likely N-dealkylation sites (tertiary alicyclic amines) is 1. The van der Waals surface area contributed by atoms with Crippen LogP contribution >= 0.6 is 24.0 Å². The molecule has 1 aliphatic heterocycles. The first-order chi connectivity index (χ1) is 12.3. The molecule has 0 amide bonds. The fourth-order valence-electron chi connectivity index (χ4n) is 3.43. The van der Waals surface area contributed by atoms with Gasteiger partial charge in [0.25, 0.3) is 0 Å². The lowest BCUT2D eigenvalue weighted by Gasteiger charge is -2.28. The van der Waals surface area contributed by atoms with Gasteiger partial charge in [0.15, 0.2) is 5.96 Å². The van der Waals surface area contributed by atoms with Crippen molar-refractivity contribution < 1.29 is 4.74 Å². The average molecular weight is 488 g/mol. The third kappa shape index (κ3) is 6.52. The molecule has 1 aromatic rings. The number of guanidine groups is 1. The smallest absolute Gasteiger partial charge is 0.191 e. The first-order valence-electron chi connectivity index (χ1n) is 9.62. The molecule has 2 N–H and O–H groups in total. The molecule has 2 rings (SSSR count). The fraction of sp³-hybridized carbons (Fsp3) is 0.667. The standard InChI is InChI=1S/C21H36N4O.HI/c1-15(2)25-12-16(3)19(13-25)24-20(22-6)23-14-21(4,5)17-8-10-18(26-7)11-9-17;/h8-11,15-16,19H,12-14H2,1-7H3,(H2,22,23,24);1H. The largest absolute Gasteiger partial charge is 0.497 e. The first-order valence-corrected chi connectivity index (χ1v) is 9.62. The van der Waals surface area contributed by atoms with Gasteiger partial charge in [0, 0.05) is 44.2 Å². The van der Waals surface area contributed by atoms with E-state index < -0.39 is 0 Å². The molecule has 0 spiro atoms. The van der Waals surface area contributed by atoms with Crippen molar-refractivity contribution in [3.05, 3.63) is 29.8 Å². The summed E-state index contributed by atoms with van der Waals surface area (Å²) in [6, 6.07) is 9.34. The third-order valence-corrected chi connectivity index (χ3v) is 5.49. The Balaban J connectivity index is 0.00000364. The summed E-state index contributed by atoms with van der Waals surface area (Å²) in [7, 11) is 3.54. The molecule has 154 valence electrons. The molecule has 0 bridgehead atoms. The van der Waals surface area contributed by atoms with Gasteiger partial charge in [0.1, 0.15) is 5.75 Å². The van der Waals surface area contributed by atoms with Crippen LogP contribution in [0.5, 0.6) is 5.75 Å². The van der Waals surface area contributed by atoms with Crippen molar-refractivity contribution in [1.82, 2.24) is 15.5 Å². The highest BCUT2D eigenvalue weighted by molar-refractivity contribution is 14.0. The summed E-state index contributed by atoms with van der Waals surface area (Å²) in [5.74, 6) is 2.39. The van der Waals surface area contributed by atoms with Crippen molar-refractivity contribution in [3.63, 3.8) is 0 Å². The summed E-state index contributed by atoms with van der Waals surface area (Å²) in [5, 5.41) is 7.14. The third-order valence-electron chi connectivity index (χ3n) is 5.49. The van der Waals surface area contributed by atoms with E-state index in [1.807, 2.05) is 19.2 Å². The zero-order chi connectivity index (χ0) is 19.3. The zero-order valence-corrected chi connectivity index (χ0v) is 20.2. The second-order valence-electron chi connectivity index (χ2n) is 8.31. The molecular formula is C21H37IN4O. The summed E-state index contributed by atoms with van der Waals surface area (Å²) in [4.78, 5) is 6.96. The topological polar surface area (TPSA) is 48.9 Å². The van der Waals surface area contributed by atoms with Gasteiger partial charge in [-0.2, -0.15) is 0 Å². The summed E-state index contributed by atoms with van der Waals surface area (Å²) in [6.07, 6.45) is 0. The lowest BCUT2D eigenvalue weighted by atomic mass is 9.84. The molecule has 0 saturated carbocycles. The Hall–Kier alpha value is -1.02. The molecule has 1 saturated heterocycles. The van der Waals surface area contributed by atoms with Crippen molar-refractivity contribution in [1.29, 1.82) is 0 Å². The second kappa shape index (κ2) is 10.5. The van der Waals surface area contributed by atoms with E-state index in [0.29, 0.717) is 18.0 Å². The molecule has 5 nitrogen and oxygen atoms in total. The molecule has 2 atom stereocenters. The normalized spacial score (nSPS) is 21.1. The molecule has 6 heteroatoms. The predicted octanol–water partition coefficient (Wildman–Crippen LogP) is 3.48. The monoisotopic (exact) mass is 488 g/mol. The van der Waals surface area contributed by atoms with E-state index in [2.05, 4.69) is 67.3 Å². The van der Waals surface area contributed by atoms with Gasteiger partial charge in [-0.05, 0) is 37.5 Å². The van der Waals surface area contributed by atoms with Crippen LogP contribution in [0.25, 0.3) is 0 Å². The van der Waals surface area contributed by atoms with Crippen LogP contribution in [-0.4, -0.2) is 56.7 Å². The number of hydrogen-bond donors (Lipinski definition) is 2. The summed E-state index contributed by atoms with van der Waals surface area (Å²) >= 11 is 0. The van der Waals surface area contributed by atoms with Gasteiger partial charge >= 0.3 is 0 Å². The van der Waals surface area contributed by atoms with Gasteiger partial charge in [-0.15, -0.1) is 24.0 Å². The van der Waals surface area contributed by atoms with Gasteiger partial charge in [-0.3, -0.25) is 9.89 Å². The van der Waals surface area contributed by atoms with Crippen molar-refractivity contribution in [2.45, 2.75) is 52.1 Å². The maximum atomic E-state index is 5.26. The Kier molecular flexibility index (Phi) is 9.34. The molecule has 27 heavy (non-hydrogen) atoms. The first kappa shape index (κ1) is 24.0. The summed E-state index contributed by atoms with van der Waals surface area (Å²) in [6.45, 7) is 14.4. The Labute approximate surface area is 182 Å². The van der Waals surface area contributed by atoms with E-state index in [0.717, 1.165) is 31.3 Å². The number of halogens is 1. The zero-order valence-electron chi connectivity index (χ0n) is 17.9. The van der Waals surface area contributed by atoms with Crippen LogP contribution in [-0.2, 0) is 5.41 Å². The average Bonchev–Trinajstić information content (AvgIpc) is 2.99. The molecule has 1 heterocycles. The molecule has 0 radical (unpaired) electrons. The molecular weight excluding hydrogens is 451 g/mol. The van der Waals surface area contributed by atoms with Gasteiger partial charge in [0.05, 0.1) is 7.11 Å². The lowest BCUT2D eigenvalue weighted by Crippen LogP contribution is -2.49. The highest BCUT2D eigenvalue weighted by atomic mass is 127. The minimum absolute atomic E-state index is 0. The lowest BCUT2D eigenvalue weighted by molar-refractivity contribution is 0.265. The number of ether oxygens (including phenoxy) is 1. The number of methoxy groups -OCH3 is 1. The van der Waals surface area contributed by atoms with Crippen LogP contribution < -0.4 is 15.4 Å². The predicted molar refractivity (Wildman–Crippen MR) is 126 cm³/mol. The van der Waals surface area contributed by atoms with E-state index in [4.69, 9.17) is 4.74 Å². The number of nitrogens with one attached hydrogen (secondary N) is 2. The summed E-state index contributed by atoms with van der Waals surface area (Å²) < 4.78 is 5.26. The Bertz CT molecular complexity index is 601. The summed E-state index contributed by atoms with van der Waals surface area (Å²) in [5.41, 5.74) is 1.27. The molecule has 0 aliphatic carbocycles. The number of hydrogen-bond acceptors (Lipinski definition) is 3. The minimum Gasteiger partial charge on any atom is -0.497 e. The molecule has 1 aromatic carbocycles. The van der Waals surface area contributed by atoms with E-state index in [1.54, 1.807) is 7.11 Å². The van der Waals surface area contributed by atoms with Crippen LogP contribution in [0, 0.1) is 5.92 Å². The van der Waals surface area contributed by atoms with Crippen LogP contribution in [0.15, 0.2) is 29.3 Å². The van der Waals surface area contributed by atoms with E-state index in [1.165, 1.54) is 5.56 Å². The number of benzene rings is 1. The Morgan fingerprint density at radius 2 is 1.89 bits per heavy atom. The van der Waals surface area contributed by atoms with Gasteiger partial charge in [-0.25, -0.2) is 0 Å². The number of aliphatic imine (C=N–C) groups is 1. The fourth-order valence-corrected chi connectivity index (χ4v) is 3.43. The van der Waals surface area contributed by atoms with Crippen molar-refractivity contribution >= 4 is 29.9 Å². The molecule has 1 aliphatic rings. The SMILES string of the molecule is CN=C(NCC(C)(C)c1ccc(OC)cc1)NC1CN(C(C)C)CC1C.I. The van der Waals surface area contributed by atoms with Crippen molar-refractivity contribution in [3.8, 4) is 5.75 Å². The van der Waals surface area contributed by atoms with E-state index in [9.17, 15) is 0 Å². The highest BCUT2D eigenvalue weighted by Gasteiger charge is 2.31. The van der Waals surface area contributed by atoms with Crippen LogP contribution in [0.3, 0.4) is 0 Å². The Morgan fingerprint density at radius 3 is 2.37 bits per heavy atom. The maximum absolute atomic E-state index is 5.26. The molecule has 1 fully saturated rings. The number of rotatable bonds is 6.